The molecule has 9 aromatic carbocycles. The van der Waals surface area contributed by atoms with Crippen molar-refractivity contribution in [3.8, 4) is 33.4 Å². The second-order valence-corrected chi connectivity index (χ2v) is 14.1. The highest BCUT2D eigenvalue weighted by Crippen LogP contribution is 2.56. The Hall–Kier alpha value is -6.96. The fourth-order valence-corrected chi connectivity index (χ4v) is 8.64. The molecule has 0 atom stereocenters. The van der Waals surface area contributed by atoms with Crippen molar-refractivity contribution in [1.29, 1.82) is 0 Å². The molecular weight excluding hydrogens is 651 g/mol. The summed E-state index contributed by atoms with van der Waals surface area (Å²) < 4.78 is 0. The Balaban J connectivity index is 1.03. The van der Waals surface area contributed by atoms with Gasteiger partial charge in [0.25, 0.3) is 0 Å². The Morgan fingerprint density at radius 2 is 0.667 bits per heavy atom. The predicted octanol–water partition coefficient (Wildman–Crippen LogP) is 14.0. The highest BCUT2D eigenvalue weighted by Gasteiger charge is 2.45. The first-order valence-electron chi connectivity index (χ1n) is 18.7. The minimum absolute atomic E-state index is 0.421. The molecule has 1 aliphatic rings. The summed E-state index contributed by atoms with van der Waals surface area (Å²) >= 11 is 0. The summed E-state index contributed by atoms with van der Waals surface area (Å²) in [6, 6.07) is 81.8. The van der Waals surface area contributed by atoms with Crippen molar-refractivity contribution in [2.45, 2.75) is 5.41 Å². The van der Waals surface area contributed by atoms with Crippen LogP contribution in [0.1, 0.15) is 22.3 Å². The molecule has 1 nitrogen and oxygen atoms in total. The zero-order valence-corrected chi connectivity index (χ0v) is 29.8. The van der Waals surface area contributed by atoms with Gasteiger partial charge >= 0.3 is 0 Å². The van der Waals surface area contributed by atoms with Gasteiger partial charge in [-0.3, -0.25) is 0 Å². The van der Waals surface area contributed by atoms with Crippen molar-refractivity contribution < 1.29 is 0 Å². The summed E-state index contributed by atoms with van der Waals surface area (Å²) in [5.74, 6) is 0. The highest BCUT2D eigenvalue weighted by molar-refractivity contribution is 5.91. The second kappa shape index (κ2) is 13.2. The topological polar surface area (TPSA) is 3.24 Å². The van der Waals surface area contributed by atoms with Crippen molar-refractivity contribution in [1.82, 2.24) is 0 Å². The van der Waals surface area contributed by atoms with Crippen LogP contribution in [0.25, 0.3) is 44.2 Å². The Morgan fingerprint density at radius 1 is 0.278 bits per heavy atom. The van der Waals surface area contributed by atoms with Gasteiger partial charge in [0.05, 0.1) is 5.41 Å². The second-order valence-electron chi connectivity index (χ2n) is 14.1. The summed E-state index contributed by atoms with van der Waals surface area (Å²) in [4.78, 5) is 2.35. The standard InChI is InChI=1S/C53H37N/c1-4-14-38(15-5-1)40-24-26-43-37-41(25-27-42(43)36-40)39-28-32-47(33-29-39)54(46-18-8-3-9-19-46)48-34-30-45(31-35-48)53(44-16-6-2-7-17-44)51-22-12-10-20-49(51)50-21-11-13-23-52(50)53/h1-37H. The molecule has 0 spiro atoms. The van der Waals surface area contributed by atoms with Crippen LogP contribution in [-0.4, -0.2) is 0 Å². The van der Waals surface area contributed by atoms with Crippen molar-refractivity contribution >= 4 is 27.8 Å². The molecule has 0 fully saturated rings. The minimum atomic E-state index is -0.421. The molecule has 10 rings (SSSR count). The summed E-state index contributed by atoms with van der Waals surface area (Å²) in [5, 5.41) is 2.48. The maximum atomic E-state index is 2.35. The van der Waals surface area contributed by atoms with Crippen molar-refractivity contribution in [2.24, 2.45) is 0 Å². The van der Waals surface area contributed by atoms with E-state index >= 15 is 0 Å². The highest BCUT2D eigenvalue weighted by atomic mass is 15.1. The molecule has 0 unspecified atom stereocenters. The van der Waals surface area contributed by atoms with Gasteiger partial charge < -0.3 is 4.90 Å². The molecule has 9 aromatic rings. The lowest BCUT2D eigenvalue weighted by atomic mass is 9.68. The van der Waals surface area contributed by atoms with Crippen molar-refractivity contribution in [3.63, 3.8) is 0 Å². The van der Waals surface area contributed by atoms with Crippen LogP contribution in [0, 0.1) is 0 Å². The van der Waals surface area contributed by atoms with E-state index in [0.717, 1.165) is 17.1 Å². The van der Waals surface area contributed by atoms with Crippen LogP contribution in [0.15, 0.2) is 224 Å². The Morgan fingerprint density at radius 3 is 1.22 bits per heavy atom. The molecule has 0 radical (unpaired) electrons. The molecule has 0 aromatic heterocycles. The van der Waals surface area contributed by atoms with E-state index in [1.807, 2.05) is 0 Å². The predicted molar refractivity (Wildman–Crippen MR) is 227 cm³/mol. The molecule has 0 aliphatic heterocycles. The van der Waals surface area contributed by atoms with Crippen LogP contribution in [0.3, 0.4) is 0 Å². The molecule has 254 valence electrons. The van der Waals surface area contributed by atoms with Gasteiger partial charge in [0.1, 0.15) is 0 Å². The number of rotatable bonds is 7. The molecule has 1 aliphatic carbocycles. The van der Waals surface area contributed by atoms with E-state index in [4.69, 9.17) is 0 Å². The fraction of sp³-hybridized carbons (Fsp3) is 0.0189. The number of benzene rings is 9. The molecule has 1 heteroatoms. The lowest BCUT2D eigenvalue weighted by Gasteiger charge is -2.34. The molecule has 0 saturated heterocycles. The summed E-state index contributed by atoms with van der Waals surface area (Å²) in [6.45, 7) is 0. The third-order valence-corrected chi connectivity index (χ3v) is 11.1. The molecule has 0 N–H and O–H groups in total. The van der Waals surface area contributed by atoms with E-state index < -0.39 is 5.41 Å². The molecular formula is C53H37N. The van der Waals surface area contributed by atoms with Crippen molar-refractivity contribution in [3.05, 3.63) is 247 Å². The van der Waals surface area contributed by atoms with E-state index in [1.54, 1.807) is 0 Å². The zero-order chi connectivity index (χ0) is 35.9. The average molecular weight is 688 g/mol. The molecule has 0 bridgehead atoms. The van der Waals surface area contributed by atoms with Gasteiger partial charge in [-0.2, -0.15) is 0 Å². The van der Waals surface area contributed by atoms with Gasteiger partial charge in [0, 0.05) is 17.1 Å². The molecule has 0 saturated carbocycles. The number of hydrogen-bond donors (Lipinski definition) is 0. The SMILES string of the molecule is c1ccc(-c2ccc3cc(-c4ccc(N(c5ccccc5)c5ccc(C6(c7ccccc7)c7ccccc7-c7ccccc76)cc5)cc4)ccc3c2)cc1. The van der Waals surface area contributed by atoms with Crippen LogP contribution in [0.2, 0.25) is 0 Å². The van der Waals surface area contributed by atoms with Crippen molar-refractivity contribution in [2.75, 3.05) is 4.90 Å². The zero-order valence-electron chi connectivity index (χ0n) is 29.8. The first-order valence-corrected chi connectivity index (χ1v) is 18.7. The van der Waals surface area contributed by atoms with Gasteiger partial charge in [0.2, 0.25) is 0 Å². The lowest BCUT2D eigenvalue weighted by Crippen LogP contribution is -2.28. The number of nitrogens with zero attached hydrogens (tertiary/aromatic N) is 1. The number of anilines is 3. The van der Waals surface area contributed by atoms with E-state index in [9.17, 15) is 0 Å². The Labute approximate surface area is 317 Å². The fourth-order valence-electron chi connectivity index (χ4n) is 8.64. The van der Waals surface area contributed by atoms with Gasteiger partial charge in [-0.1, -0.05) is 176 Å². The quantitative estimate of drug-likeness (QED) is 0.161. The smallest absolute Gasteiger partial charge is 0.0713 e. The number of fused-ring (bicyclic) bond motifs is 4. The van der Waals surface area contributed by atoms with E-state index in [1.165, 1.54) is 66.4 Å². The largest absolute Gasteiger partial charge is 0.311 e. The van der Waals surface area contributed by atoms with Crippen LogP contribution in [-0.2, 0) is 5.41 Å². The summed E-state index contributed by atoms with van der Waals surface area (Å²) in [5.41, 5.74) is 15.6. The number of hydrogen-bond acceptors (Lipinski definition) is 1. The van der Waals surface area contributed by atoms with Crippen LogP contribution in [0.5, 0.6) is 0 Å². The van der Waals surface area contributed by atoms with Crippen LogP contribution >= 0.6 is 0 Å². The Kier molecular flexibility index (Phi) is 7.78. The normalized spacial score (nSPS) is 12.6. The Bertz CT molecular complexity index is 2690. The monoisotopic (exact) mass is 687 g/mol. The molecule has 0 heterocycles. The first kappa shape index (κ1) is 31.7. The van der Waals surface area contributed by atoms with Crippen LogP contribution in [0.4, 0.5) is 17.1 Å². The molecule has 0 amide bonds. The summed E-state index contributed by atoms with van der Waals surface area (Å²) in [6.07, 6.45) is 0. The van der Waals surface area contributed by atoms with E-state index in [0.29, 0.717) is 0 Å². The van der Waals surface area contributed by atoms with E-state index in [-0.39, 0.29) is 0 Å². The lowest BCUT2D eigenvalue weighted by molar-refractivity contribution is 0.768. The summed E-state index contributed by atoms with van der Waals surface area (Å²) in [7, 11) is 0. The maximum Gasteiger partial charge on any atom is 0.0713 e. The van der Waals surface area contributed by atoms with Gasteiger partial charge in [0.15, 0.2) is 0 Å². The molecule has 54 heavy (non-hydrogen) atoms. The number of para-hydroxylation sites is 1. The third-order valence-electron chi connectivity index (χ3n) is 11.1. The van der Waals surface area contributed by atoms with Gasteiger partial charge in [-0.05, 0) is 115 Å². The first-order chi connectivity index (χ1) is 26.8. The average Bonchev–Trinajstić information content (AvgIpc) is 3.56. The van der Waals surface area contributed by atoms with Gasteiger partial charge in [-0.25, -0.2) is 0 Å². The van der Waals surface area contributed by atoms with Crippen LogP contribution < -0.4 is 4.90 Å². The van der Waals surface area contributed by atoms with Gasteiger partial charge in [-0.15, -0.1) is 0 Å². The maximum absolute atomic E-state index is 2.35. The van der Waals surface area contributed by atoms with E-state index in [2.05, 4.69) is 229 Å². The third kappa shape index (κ3) is 5.25. The minimum Gasteiger partial charge on any atom is -0.311 e.